The van der Waals surface area contributed by atoms with E-state index in [2.05, 4.69) is 51.7 Å². The number of benzene rings is 1. The van der Waals surface area contributed by atoms with Gasteiger partial charge in [0.25, 0.3) is 0 Å². The fourth-order valence-electron chi connectivity index (χ4n) is 3.17. The number of nitrogens with zero attached hydrogens (tertiary/aromatic N) is 2. The summed E-state index contributed by atoms with van der Waals surface area (Å²) in [6.07, 6.45) is 10.6. The van der Waals surface area contributed by atoms with Gasteiger partial charge in [-0.1, -0.05) is 29.8 Å². The van der Waals surface area contributed by atoms with Gasteiger partial charge >= 0.3 is 0 Å². The number of nitrogens with one attached hydrogen (secondary N) is 1. The van der Waals surface area contributed by atoms with Crippen LogP contribution in [-0.2, 0) is 11.3 Å². The quantitative estimate of drug-likeness (QED) is 0.778. The zero-order valence-electron chi connectivity index (χ0n) is 13.7. The van der Waals surface area contributed by atoms with Gasteiger partial charge in [-0.15, -0.1) is 0 Å². The third-order valence-corrected chi connectivity index (χ3v) is 4.38. The number of hydrogen-bond acceptors (Lipinski definition) is 4. The molecule has 4 rings (SSSR count). The van der Waals surface area contributed by atoms with E-state index in [1.54, 1.807) is 6.20 Å². The second-order valence-electron chi connectivity index (χ2n) is 6.25. The Morgan fingerprint density at radius 3 is 3.12 bits per heavy atom. The summed E-state index contributed by atoms with van der Waals surface area (Å²) in [6, 6.07) is 10.3. The number of anilines is 1. The number of aromatic nitrogens is 2. The average molecular weight is 319 g/mol. The minimum absolute atomic E-state index is 0.646. The van der Waals surface area contributed by atoms with Gasteiger partial charge in [0.1, 0.15) is 0 Å². The van der Waals surface area contributed by atoms with Crippen molar-refractivity contribution in [2.75, 3.05) is 11.9 Å². The number of ether oxygens (including phenoxy) is 1. The highest BCUT2D eigenvalue weighted by Crippen LogP contribution is 2.24. The van der Waals surface area contributed by atoms with Crippen LogP contribution >= 0.6 is 0 Å². The minimum Gasteiger partial charge on any atom is -0.377 e. The maximum absolute atomic E-state index is 5.85. The molecule has 0 saturated heterocycles. The lowest BCUT2D eigenvalue weighted by Crippen LogP contribution is -2.06. The van der Waals surface area contributed by atoms with Crippen molar-refractivity contribution in [2.24, 2.45) is 0 Å². The molecular weight excluding hydrogens is 298 g/mol. The highest BCUT2D eigenvalue weighted by molar-refractivity contribution is 5.61. The highest BCUT2D eigenvalue weighted by Gasteiger charge is 2.09. The van der Waals surface area contributed by atoms with Crippen LogP contribution in [0.2, 0.25) is 0 Å². The van der Waals surface area contributed by atoms with Crippen molar-refractivity contribution in [3.63, 3.8) is 0 Å². The summed E-state index contributed by atoms with van der Waals surface area (Å²) in [5.41, 5.74) is 5.75. The molecule has 0 atom stereocenters. The van der Waals surface area contributed by atoms with Gasteiger partial charge in [0.15, 0.2) is 0 Å². The summed E-state index contributed by atoms with van der Waals surface area (Å²) in [4.78, 5) is 9.04. The topological polar surface area (TPSA) is 47.0 Å². The lowest BCUT2D eigenvalue weighted by atomic mass is 9.99. The zero-order chi connectivity index (χ0) is 16.2. The lowest BCUT2D eigenvalue weighted by Gasteiger charge is -2.15. The van der Waals surface area contributed by atoms with Crippen molar-refractivity contribution in [2.45, 2.75) is 32.3 Å². The SMILES string of the molecule is C1=C2CCC=C1Nc1nccc(n1)-c1cccc(c1)COCCC2. The van der Waals surface area contributed by atoms with Gasteiger partial charge in [-0.25, -0.2) is 9.97 Å². The van der Waals surface area contributed by atoms with Crippen LogP contribution in [-0.4, -0.2) is 16.6 Å². The summed E-state index contributed by atoms with van der Waals surface area (Å²) >= 11 is 0. The fraction of sp³-hybridized carbons (Fsp3) is 0.300. The molecule has 0 saturated carbocycles. The van der Waals surface area contributed by atoms with Crippen molar-refractivity contribution in [3.8, 4) is 11.3 Å². The second kappa shape index (κ2) is 6.97. The Kier molecular flexibility index (Phi) is 4.38. The number of rotatable bonds is 0. The smallest absolute Gasteiger partial charge is 0.227 e. The van der Waals surface area contributed by atoms with E-state index in [9.17, 15) is 0 Å². The Morgan fingerprint density at radius 2 is 2.12 bits per heavy atom. The zero-order valence-corrected chi connectivity index (χ0v) is 13.7. The molecule has 1 N–H and O–H groups in total. The first kappa shape index (κ1) is 15.1. The molecule has 24 heavy (non-hydrogen) atoms. The summed E-state index contributed by atoms with van der Waals surface area (Å²) in [7, 11) is 0. The van der Waals surface area contributed by atoms with Crippen LogP contribution in [0.25, 0.3) is 11.3 Å². The molecule has 2 aliphatic rings. The van der Waals surface area contributed by atoms with Crippen molar-refractivity contribution < 1.29 is 4.74 Å². The number of fused-ring (bicyclic) bond motifs is 6. The predicted octanol–water partition coefficient (Wildman–Crippen LogP) is 4.47. The normalized spacial score (nSPS) is 17.7. The van der Waals surface area contributed by atoms with Gasteiger partial charge in [-0.3, -0.25) is 0 Å². The second-order valence-corrected chi connectivity index (χ2v) is 6.25. The van der Waals surface area contributed by atoms with Gasteiger partial charge in [0, 0.05) is 24.1 Å². The molecule has 1 aromatic heterocycles. The molecular formula is C20H21N3O. The van der Waals surface area contributed by atoms with Gasteiger partial charge in [-0.05, 0) is 49.5 Å². The van der Waals surface area contributed by atoms with Gasteiger partial charge in [-0.2, -0.15) is 0 Å². The summed E-state index contributed by atoms with van der Waals surface area (Å²) in [5.74, 6) is 0.646. The van der Waals surface area contributed by atoms with Gasteiger partial charge in [0.2, 0.25) is 5.95 Å². The van der Waals surface area contributed by atoms with Crippen molar-refractivity contribution in [1.29, 1.82) is 0 Å². The molecule has 1 aliphatic carbocycles. The molecule has 1 aliphatic heterocycles. The van der Waals surface area contributed by atoms with Crippen LogP contribution in [0.5, 0.6) is 0 Å². The molecule has 2 heterocycles. The van der Waals surface area contributed by atoms with Crippen LogP contribution in [0.4, 0.5) is 5.95 Å². The van der Waals surface area contributed by atoms with Crippen LogP contribution in [0.15, 0.2) is 60.0 Å². The van der Waals surface area contributed by atoms with Crippen LogP contribution in [0.3, 0.4) is 0 Å². The summed E-state index contributed by atoms with van der Waals surface area (Å²) in [5, 5.41) is 3.36. The molecule has 122 valence electrons. The monoisotopic (exact) mass is 319 g/mol. The number of allylic oxidation sites excluding steroid dienone is 3. The molecule has 6 bridgehead atoms. The minimum atomic E-state index is 0.646. The Bertz CT molecular complexity index is 795. The first-order valence-corrected chi connectivity index (χ1v) is 8.53. The van der Waals surface area contributed by atoms with Gasteiger partial charge < -0.3 is 10.1 Å². The van der Waals surface area contributed by atoms with E-state index >= 15 is 0 Å². The fourth-order valence-corrected chi connectivity index (χ4v) is 3.17. The molecule has 0 unspecified atom stereocenters. The molecule has 0 spiro atoms. The van der Waals surface area contributed by atoms with E-state index in [0.717, 1.165) is 49.2 Å². The third-order valence-electron chi connectivity index (χ3n) is 4.38. The maximum atomic E-state index is 5.85. The van der Waals surface area contributed by atoms with Crippen LogP contribution in [0, 0.1) is 0 Å². The molecule has 0 fully saturated rings. The standard InChI is InChI=1S/C20H21N3O/c1-5-16-12-17(7-1)19-9-10-21-20(23-19)22-18-8-2-4-15(13-18)6-3-11-24-14-16/h1,5,7-10,12-13H,2-4,6,11,14H2,(H,21,22,23). The van der Waals surface area contributed by atoms with E-state index < -0.39 is 0 Å². The number of hydrogen-bond donors (Lipinski definition) is 1. The highest BCUT2D eigenvalue weighted by atomic mass is 16.5. The molecule has 1 aromatic carbocycles. The molecule has 4 heteroatoms. The van der Waals surface area contributed by atoms with Crippen molar-refractivity contribution in [1.82, 2.24) is 9.97 Å². The van der Waals surface area contributed by atoms with E-state index in [1.807, 2.05) is 6.07 Å². The Hall–Kier alpha value is -2.46. The van der Waals surface area contributed by atoms with Crippen LogP contribution in [0.1, 0.15) is 31.2 Å². The molecule has 2 aromatic rings. The first-order valence-electron chi connectivity index (χ1n) is 8.53. The Morgan fingerprint density at radius 1 is 1.12 bits per heavy atom. The predicted molar refractivity (Wildman–Crippen MR) is 95.4 cm³/mol. The molecule has 0 amide bonds. The molecule has 0 radical (unpaired) electrons. The third kappa shape index (κ3) is 3.54. The van der Waals surface area contributed by atoms with Crippen molar-refractivity contribution in [3.05, 3.63) is 65.5 Å². The average Bonchev–Trinajstić information content (AvgIpc) is 2.62. The van der Waals surface area contributed by atoms with Gasteiger partial charge in [0.05, 0.1) is 12.3 Å². The van der Waals surface area contributed by atoms with E-state index in [-0.39, 0.29) is 0 Å². The van der Waals surface area contributed by atoms with E-state index in [0.29, 0.717) is 12.6 Å². The Balaban J connectivity index is 1.70. The first-order chi connectivity index (χ1) is 11.9. The van der Waals surface area contributed by atoms with Crippen molar-refractivity contribution >= 4 is 5.95 Å². The summed E-state index contributed by atoms with van der Waals surface area (Å²) in [6.45, 7) is 1.44. The van der Waals surface area contributed by atoms with Crippen LogP contribution < -0.4 is 5.32 Å². The lowest BCUT2D eigenvalue weighted by molar-refractivity contribution is 0.118. The largest absolute Gasteiger partial charge is 0.377 e. The Labute approximate surface area is 142 Å². The van der Waals surface area contributed by atoms with E-state index in [4.69, 9.17) is 4.74 Å². The molecule has 4 nitrogen and oxygen atoms in total. The summed E-state index contributed by atoms with van der Waals surface area (Å²) < 4.78 is 5.85. The maximum Gasteiger partial charge on any atom is 0.227 e. The van der Waals surface area contributed by atoms with E-state index in [1.165, 1.54) is 11.1 Å².